The van der Waals surface area contributed by atoms with Crippen LogP contribution in [-0.2, 0) is 14.3 Å². The minimum Gasteiger partial charge on any atom is -0.465 e. The van der Waals surface area contributed by atoms with Crippen LogP contribution in [0.1, 0.15) is 30.1 Å². The Balaban J connectivity index is 2.21. The summed E-state index contributed by atoms with van der Waals surface area (Å²) in [6.45, 7) is 3.17. The second-order valence-corrected chi connectivity index (χ2v) is 5.93. The predicted octanol–water partition coefficient (Wildman–Crippen LogP) is 0.509. The number of carbonyl (C=O) groups is 3. The van der Waals surface area contributed by atoms with Crippen molar-refractivity contribution < 1.29 is 24.2 Å². The number of hydrogen-bond acceptors (Lipinski definition) is 6. The van der Waals surface area contributed by atoms with Crippen LogP contribution >= 0.6 is 0 Å². The molecule has 1 atom stereocenters. The van der Waals surface area contributed by atoms with Gasteiger partial charge in [-0.15, -0.1) is 0 Å². The maximum atomic E-state index is 12.1. The summed E-state index contributed by atoms with van der Waals surface area (Å²) in [7, 11) is 1.28. The van der Waals surface area contributed by atoms with E-state index >= 15 is 0 Å². The first kappa shape index (κ1) is 18.7. The van der Waals surface area contributed by atoms with Crippen molar-refractivity contribution in [3.63, 3.8) is 0 Å². The van der Waals surface area contributed by atoms with Gasteiger partial charge >= 0.3 is 17.8 Å². The van der Waals surface area contributed by atoms with Crippen LogP contribution in [0.3, 0.4) is 0 Å². The number of aliphatic hydroxyl groups excluding tert-OH is 1. The third kappa shape index (κ3) is 4.93. The van der Waals surface area contributed by atoms with Crippen molar-refractivity contribution in [2.24, 2.45) is 0 Å². The van der Waals surface area contributed by atoms with Crippen molar-refractivity contribution in [2.75, 3.05) is 37.0 Å². The fourth-order valence-electron chi connectivity index (χ4n) is 2.61. The minimum absolute atomic E-state index is 0.0204. The van der Waals surface area contributed by atoms with Crippen LogP contribution in [0.15, 0.2) is 18.2 Å². The van der Waals surface area contributed by atoms with Gasteiger partial charge < -0.3 is 25.4 Å². The summed E-state index contributed by atoms with van der Waals surface area (Å²) < 4.78 is 4.70. The van der Waals surface area contributed by atoms with Gasteiger partial charge in [0.15, 0.2) is 0 Å². The second kappa shape index (κ2) is 8.48. The smallest absolute Gasteiger partial charge is 0.337 e. The Morgan fingerprint density at radius 2 is 1.92 bits per heavy atom. The summed E-state index contributed by atoms with van der Waals surface area (Å²) >= 11 is 0. The van der Waals surface area contributed by atoms with Gasteiger partial charge in [0.25, 0.3) is 0 Å². The monoisotopic (exact) mass is 349 g/mol. The Labute approximate surface area is 146 Å². The molecular weight excluding hydrogens is 326 g/mol. The third-order valence-electron chi connectivity index (χ3n) is 3.88. The molecule has 3 N–H and O–H groups in total. The summed E-state index contributed by atoms with van der Waals surface area (Å²) in [4.78, 5) is 37.8. The van der Waals surface area contributed by atoms with Crippen molar-refractivity contribution in [1.29, 1.82) is 0 Å². The van der Waals surface area contributed by atoms with Crippen LogP contribution in [0.25, 0.3) is 0 Å². The van der Waals surface area contributed by atoms with Crippen molar-refractivity contribution in [1.82, 2.24) is 5.32 Å². The summed E-state index contributed by atoms with van der Waals surface area (Å²) in [6, 6.07) is 4.86. The highest BCUT2D eigenvalue weighted by atomic mass is 16.5. The molecule has 0 radical (unpaired) electrons. The van der Waals surface area contributed by atoms with Crippen LogP contribution in [0.4, 0.5) is 11.4 Å². The highest BCUT2D eigenvalue weighted by Gasteiger charge is 2.21. The van der Waals surface area contributed by atoms with Crippen molar-refractivity contribution in [3.8, 4) is 0 Å². The molecule has 0 aromatic heterocycles. The molecular formula is C17H23N3O5. The maximum Gasteiger partial charge on any atom is 0.337 e. The van der Waals surface area contributed by atoms with Gasteiger partial charge in [-0.2, -0.15) is 0 Å². The number of esters is 1. The average Bonchev–Trinajstić information content (AvgIpc) is 3.13. The normalized spacial score (nSPS) is 14.8. The van der Waals surface area contributed by atoms with Gasteiger partial charge in [0, 0.05) is 19.6 Å². The van der Waals surface area contributed by atoms with E-state index in [4.69, 9.17) is 4.74 Å². The Morgan fingerprint density at radius 1 is 1.24 bits per heavy atom. The lowest BCUT2D eigenvalue weighted by Gasteiger charge is -2.22. The average molecular weight is 349 g/mol. The van der Waals surface area contributed by atoms with E-state index in [1.807, 2.05) is 0 Å². The van der Waals surface area contributed by atoms with Crippen molar-refractivity contribution in [2.45, 2.75) is 25.9 Å². The fourth-order valence-corrected chi connectivity index (χ4v) is 2.61. The number of rotatable bonds is 5. The first-order chi connectivity index (χ1) is 11.9. The Hall–Kier alpha value is -2.61. The van der Waals surface area contributed by atoms with Crippen molar-refractivity contribution in [3.05, 3.63) is 23.8 Å². The van der Waals surface area contributed by atoms with Crippen LogP contribution in [0.5, 0.6) is 0 Å². The van der Waals surface area contributed by atoms with E-state index < -0.39 is 23.9 Å². The Kier molecular flexibility index (Phi) is 6.35. The molecule has 0 bridgehead atoms. The summed E-state index contributed by atoms with van der Waals surface area (Å²) in [5.74, 6) is -2.23. The molecule has 0 aliphatic carbocycles. The highest BCUT2D eigenvalue weighted by molar-refractivity contribution is 6.40. The molecule has 1 aliphatic heterocycles. The summed E-state index contributed by atoms with van der Waals surface area (Å²) in [5.41, 5.74) is 1.41. The van der Waals surface area contributed by atoms with E-state index in [1.165, 1.54) is 20.1 Å². The number of nitrogens with zero attached hydrogens (tertiary/aromatic N) is 1. The maximum absolute atomic E-state index is 12.1. The second-order valence-electron chi connectivity index (χ2n) is 5.93. The van der Waals surface area contributed by atoms with Crippen LogP contribution < -0.4 is 15.5 Å². The molecule has 0 spiro atoms. The van der Waals surface area contributed by atoms with Gasteiger partial charge in [0.05, 0.1) is 30.2 Å². The molecule has 1 aromatic carbocycles. The topological polar surface area (TPSA) is 108 Å². The first-order valence-corrected chi connectivity index (χ1v) is 8.17. The number of methoxy groups -OCH3 is 1. The molecule has 1 fully saturated rings. The number of hydrogen-bond donors (Lipinski definition) is 3. The zero-order valence-electron chi connectivity index (χ0n) is 14.4. The molecule has 1 saturated heterocycles. The lowest BCUT2D eigenvalue weighted by atomic mass is 10.1. The molecule has 0 unspecified atom stereocenters. The molecule has 25 heavy (non-hydrogen) atoms. The SMILES string of the molecule is COC(=O)c1ccc(N2CCCC2)c(NC(=O)C(=O)NC[C@@H](C)O)c1. The molecule has 2 rings (SSSR count). The molecule has 8 heteroatoms. The molecule has 1 aromatic rings. The van der Waals surface area contributed by atoms with Gasteiger partial charge in [-0.3, -0.25) is 9.59 Å². The van der Waals surface area contributed by atoms with Crippen molar-refractivity contribution >= 4 is 29.2 Å². The zero-order chi connectivity index (χ0) is 18.4. The number of ether oxygens (including phenoxy) is 1. The van der Waals surface area contributed by atoms with E-state index in [2.05, 4.69) is 15.5 Å². The standard InChI is InChI=1S/C17H23N3O5/c1-11(21)10-18-15(22)16(23)19-13-9-12(17(24)25-2)5-6-14(13)20-7-3-4-8-20/h5-6,9,11,21H,3-4,7-8,10H2,1-2H3,(H,18,22)(H,19,23)/t11-/m1/s1. The largest absolute Gasteiger partial charge is 0.465 e. The number of aliphatic hydroxyl groups is 1. The first-order valence-electron chi connectivity index (χ1n) is 8.17. The van der Waals surface area contributed by atoms with Crippen LogP contribution in [-0.4, -0.2) is 55.7 Å². The number of anilines is 2. The molecule has 1 heterocycles. The number of amides is 2. The summed E-state index contributed by atoms with van der Waals surface area (Å²) in [6.07, 6.45) is 1.33. The molecule has 2 amide bonds. The quantitative estimate of drug-likeness (QED) is 0.528. The van der Waals surface area contributed by atoms with Gasteiger partial charge in [0.1, 0.15) is 0 Å². The summed E-state index contributed by atoms with van der Waals surface area (Å²) in [5, 5.41) is 14.1. The Bertz CT molecular complexity index is 654. The zero-order valence-corrected chi connectivity index (χ0v) is 14.4. The van der Waals surface area contributed by atoms with E-state index in [0.29, 0.717) is 5.69 Å². The molecule has 136 valence electrons. The minimum atomic E-state index is -0.858. The van der Waals surface area contributed by atoms with Crippen LogP contribution in [0.2, 0.25) is 0 Å². The number of nitrogens with one attached hydrogen (secondary N) is 2. The van der Waals surface area contributed by atoms with E-state index in [1.54, 1.807) is 12.1 Å². The van der Waals surface area contributed by atoms with E-state index in [0.717, 1.165) is 31.6 Å². The predicted molar refractivity (Wildman–Crippen MR) is 92.5 cm³/mol. The molecule has 8 nitrogen and oxygen atoms in total. The number of benzene rings is 1. The van der Waals surface area contributed by atoms with E-state index in [9.17, 15) is 19.5 Å². The van der Waals surface area contributed by atoms with Gasteiger partial charge in [-0.25, -0.2) is 4.79 Å². The van der Waals surface area contributed by atoms with Gasteiger partial charge in [0.2, 0.25) is 0 Å². The number of carbonyl (C=O) groups excluding carboxylic acids is 3. The highest BCUT2D eigenvalue weighted by Crippen LogP contribution is 2.30. The molecule has 1 aliphatic rings. The fraction of sp³-hybridized carbons (Fsp3) is 0.471. The Morgan fingerprint density at radius 3 is 2.52 bits per heavy atom. The lowest BCUT2D eigenvalue weighted by molar-refractivity contribution is -0.136. The van der Waals surface area contributed by atoms with Gasteiger partial charge in [-0.1, -0.05) is 0 Å². The lowest BCUT2D eigenvalue weighted by Crippen LogP contribution is -2.39. The van der Waals surface area contributed by atoms with Crippen LogP contribution in [0, 0.1) is 0 Å². The third-order valence-corrected chi connectivity index (χ3v) is 3.88. The van der Waals surface area contributed by atoms with E-state index in [-0.39, 0.29) is 12.1 Å². The molecule has 0 saturated carbocycles. The van der Waals surface area contributed by atoms with Gasteiger partial charge in [-0.05, 0) is 38.0 Å².